The number of ether oxygens (including phenoxy) is 1. The van der Waals surface area contributed by atoms with E-state index in [0.717, 1.165) is 24.5 Å². The van der Waals surface area contributed by atoms with Crippen LogP contribution >= 0.6 is 0 Å². The summed E-state index contributed by atoms with van der Waals surface area (Å²) in [6.07, 6.45) is 3.03. The van der Waals surface area contributed by atoms with Gasteiger partial charge in [-0.3, -0.25) is 0 Å². The summed E-state index contributed by atoms with van der Waals surface area (Å²) in [5.41, 5.74) is 0. The van der Waals surface area contributed by atoms with E-state index >= 15 is 0 Å². The van der Waals surface area contributed by atoms with Crippen LogP contribution in [0.3, 0.4) is 0 Å². The van der Waals surface area contributed by atoms with Gasteiger partial charge in [-0.05, 0) is 26.3 Å². The topological polar surface area (TPSA) is 34.1 Å². The highest BCUT2D eigenvalue weighted by atomic mass is 16.5. The third-order valence-electron chi connectivity index (χ3n) is 2.00. The van der Waals surface area contributed by atoms with Gasteiger partial charge >= 0.3 is 0 Å². The molecular weight excluding hydrogens is 176 g/mol. The number of hydrogen-bond donors (Lipinski definition) is 1. The molecule has 0 aliphatic carbocycles. The SMILES string of the molecule is CCNc1cc(OC(C)CC)ccn1. The first-order valence-corrected chi connectivity index (χ1v) is 5.12. The lowest BCUT2D eigenvalue weighted by Gasteiger charge is -2.13. The summed E-state index contributed by atoms with van der Waals surface area (Å²) in [4.78, 5) is 4.17. The van der Waals surface area contributed by atoms with Gasteiger partial charge in [0.15, 0.2) is 0 Å². The van der Waals surface area contributed by atoms with Gasteiger partial charge in [0.1, 0.15) is 11.6 Å². The summed E-state index contributed by atoms with van der Waals surface area (Å²) in [6, 6.07) is 3.81. The Bertz CT molecular complexity index is 276. The molecule has 0 bridgehead atoms. The van der Waals surface area contributed by atoms with Crippen molar-refractivity contribution in [2.24, 2.45) is 0 Å². The van der Waals surface area contributed by atoms with Crippen LogP contribution in [0.1, 0.15) is 27.2 Å². The van der Waals surface area contributed by atoms with Gasteiger partial charge in [-0.25, -0.2) is 4.98 Å². The number of nitrogens with zero attached hydrogens (tertiary/aromatic N) is 1. The molecule has 1 heterocycles. The minimum absolute atomic E-state index is 0.256. The molecule has 0 radical (unpaired) electrons. The number of hydrogen-bond acceptors (Lipinski definition) is 3. The Kier molecular flexibility index (Phi) is 4.23. The second-order valence-electron chi connectivity index (χ2n) is 3.24. The molecule has 0 saturated carbocycles. The molecule has 1 aromatic rings. The van der Waals surface area contributed by atoms with Gasteiger partial charge in [-0.2, -0.15) is 0 Å². The third kappa shape index (κ3) is 3.24. The Morgan fingerprint density at radius 1 is 1.50 bits per heavy atom. The van der Waals surface area contributed by atoms with Crippen LogP contribution in [0.15, 0.2) is 18.3 Å². The molecule has 3 heteroatoms. The first kappa shape index (κ1) is 10.8. The van der Waals surface area contributed by atoms with Crippen LogP contribution in [-0.2, 0) is 0 Å². The fourth-order valence-electron chi connectivity index (χ4n) is 1.08. The van der Waals surface area contributed by atoms with Gasteiger partial charge in [0.05, 0.1) is 6.10 Å². The molecule has 3 nitrogen and oxygen atoms in total. The van der Waals surface area contributed by atoms with E-state index in [9.17, 15) is 0 Å². The number of rotatable bonds is 5. The molecule has 1 rings (SSSR count). The Morgan fingerprint density at radius 2 is 2.29 bits per heavy atom. The highest BCUT2D eigenvalue weighted by Crippen LogP contribution is 2.16. The average molecular weight is 194 g/mol. The molecule has 1 unspecified atom stereocenters. The van der Waals surface area contributed by atoms with E-state index in [1.54, 1.807) is 6.20 Å². The molecule has 78 valence electrons. The van der Waals surface area contributed by atoms with Crippen LogP contribution < -0.4 is 10.1 Å². The van der Waals surface area contributed by atoms with E-state index in [0.29, 0.717) is 0 Å². The molecule has 0 saturated heterocycles. The van der Waals surface area contributed by atoms with Crippen molar-refractivity contribution in [2.45, 2.75) is 33.3 Å². The fourth-order valence-corrected chi connectivity index (χ4v) is 1.08. The summed E-state index contributed by atoms with van der Waals surface area (Å²) < 4.78 is 5.67. The van der Waals surface area contributed by atoms with Gasteiger partial charge < -0.3 is 10.1 Å². The van der Waals surface area contributed by atoms with Crippen LogP contribution in [0.4, 0.5) is 5.82 Å². The first-order chi connectivity index (χ1) is 6.76. The van der Waals surface area contributed by atoms with Gasteiger partial charge in [0.25, 0.3) is 0 Å². The van der Waals surface area contributed by atoms with Crippen molar-refractivity contribution in [2.75, 3.05) is 11.9 Å². The van der Waals surface area contributed by atoms with Crippen molar-refractivity contribution in [3.63, 3.8) is 0 Å². The van der Waals surface area contributed by atoms with Crippen molar-refractivity contribution in [3.05, 3.63) is 18.3 Å². The van der Waals surface area contributed by atoms with E-state index in [-0.39, 0.29) is 6.10 Å². The molecule has 1 aromatic heterocycles. The van der Waals surface area contributed by atoms with Crippen molar-refractivity contribution < 1.29 is 4.74 Å². The molecule has 14 heavy (non-hydrogen) atoms. The number of anilines is 1. The highest BCUT2D eigenvalue weighted by Gasteiger charge is 2.01. The molecule has 0 spiro atoms. The molecular formula is C11H18N2O. The molecule has 0 fully saturated rings. The molecule has 0 amide bonds. The summed E-state index contributed by atoms with van der Waals surface area (Å²) >= 11 is 0. The maximum absolute atomic E-state index is 5.67. The summed E-state index contributed by atoms with van der Waals surface area (Å²) in [6.45, 7) is 7.09. The number of pyridine rings is 1. The summed E-state index contributed by atoms with van der Waals surface area (Å²) in [5.74, 6) is 1.75. The van der Waals surface area contributed by atoms with Gasteiger partial charge in [0.2, 0.25) is 0 Å². The minimum atomic E-state index is 0.256. The predicted molar refractivity (Wildman–Crippen MR) is 58.8 cm³/mol. The van der Waals surface area contributed by atoms with Crippen molar-refractivity contribution in [1.29, 1.82) is 0 Å². The first-order valence-electron chi connectivity index (χ1n) is 5.12. The Morgan fingerprint density at radius 3 is 2.93 bits per heavy atom. The zero-order valence-corrected chi connectivity index (χ0v) is 9.08. The lowest BCUT2D eigenvalue weighted by molar-refractivity contribution is 0.217. The molecule has 0 aromatic carbocycles. The van der Waals surface area contributed by atoms with E-state index in [1.165, 1.54) is 0 Å². The Labute approximate surface area is 85.5 Å². The standard InChI is InChI=1S/C11H18N2O/c1-4-9(3)14-10-6-7-13-11(8-10)12-5-2/h6-9H,4-5H2,1-3H3,(H,12,13). The van der Waals surface area contributed by atoms with E-state index < -0.39 is 0 Å². The number of aromatic nitrogens is 1. The maximum Gasteiger partial charge on any atom is 0.129 e. The van der Waals surface area contributed by atoms with Crippen molar-refractivity contribution in [1.82, 2.24) is 4.98 Å². The van der Waals surface area contributed by atoms with Crippen LogP contribution in [0, 0.1) is 0 Å². The second-order valence-corrected chi connectivity index (χ2v) is 3.24. The maximum atomic E-state index is 5.67. The molecule has 0 aliphatic heterocycles. The smallest absolute Gasteiger partial charge is 0.129 e. The molecule has 1 atom stereocenters. The monoisotopic (exact) mass is 194 g/mol. The van der Waals surface area contributed by atoms with Crippen LogP contribution in [-0.4, -0.2) is 17.6 Å². The Balaban J connectivity index is 2.63. The zero-order chi connectivity index (χ0) is 10.4. The van der Waals surface area contributed by atoms with E-state index in [4.69, 9.17) is 4.74 Å². The van der Waals surface area contributed by atoms with Gasteiger partial charge in [0, 0.05) is 18.8 Å². The molecule has 0 aliphatic rings. The predicted octanol–water partition coefficient (Wildman–Crippen LogP) is 2.69. The van der Waals surface area contributed by atoms with Crippen LogP contribution in [0.5, 0.6) is 5.75 Å². The Hall–Kier alpha value is -1.25. The summed E-state index contributed by atoms with van der Waals surface area (Å²) in [7, 11) is 0. The van der Waals surface area contributed by atoms with Gasteiger partial charge in [-0.1, -0.05) is 6.92 Å². The lowest BCUT2D eigenvalue weighted by Crippen LogP contribution is -2.10. The van der Waals surface area contributed by atoms with E-state index in [2.05, 4.69) is 24.1 Å². The largest absolute Gasteiger partial charge is 0.491 e. The molecule has 1 N–H and O–H groups in total. The van der Waals surface area contributed by atoms with Gasteiger partial charge in [-0.15, -0.1) is 0 Å². The fraction of sp³-hybridized carbons (Fsp3) is 0.545. The van der Waals surface area contributed by atoms with Crippen LogP contribution in [0.2, 0.25) is 0 Å². The zero-order valence-electron chi connectivity index (χ0n) is 9.08. The third-order valence-corrected chi connectivity index (χ3v) is 2.00. The van der Waals surface area contributed by atoms with Crippen molar-refractivity contribution >= 4 is 5.82 Å². The highest BCUT2D eigenvalue weighted by molar-refractivity contribution is 5.40. The quantitative estimate of drug-likeness (QED) is 0.782. The second kappa shape index (κ2) is 5.47. The van der Waals surface area contributed by atoms with Crippen LogP contribution in [0.25, 0.3) is 0 Å². The van der Waals surface area contributed by atoms with Crippen molar-refractivity contribution in [3.8, 4) is 5.75 Å². The lowest BCUT2D eigenvalue weighted by atomic mass is 10.3. The normalized spacial score (nSPS) is 12.2. The average Bonchev–Trinajstić information content (AvgIpc) is 2.19. The van der Waals surface area contributed by atoms with E-state index in [1.807, 2.05) is 19.1 Å². The number of nitrogens with one attached hydrogen (secondary N) is 1. The summed E-state index contributed by atoms with van der Waals surface area (Å²) in [5, 5.41) is 3.15. The minimum Gasteiger partial charge on any atom is -0.491 e.